The first kappa shape index (κ1) is 9.72. The van der Waals surface area contributed by atoms with Crippen LogP contribution in [0.4, 0.5) is 0 Å². The van der Waals surface area contributed by atoms with Crippen LogP contribution in [0.15, 0.2) is 30.3 Å². The van der Waals surface area contributed by atoms with Crippen LogP contribution < -0.4 is 5.73 Å². The fourth-order valence-electron chi connectivity index (χ4n) is 1.05. The first-order chi connectivity index (χ1) is 6.08. The lowest BCUT2D eigenvalue weighted by atomic mass is 9.92. The fraction of sp³-hybridized carbons (Fsp3) is 0.300. The van der Waals surface area contributed by atoms with Gasteiger partial charge in [-0.2, -0.15) is 5.26 Å². The summed E-state index contributed by atoms with van der Waals surface area (Å²) in [6, 6.07) is 10.2. The predicted octanol–water partition coefficient (Wildman–Crippen LogP) is 0.961. The molecule has 0 spiro atoms. The van der Waals surface area contributed by atoms with Gasteiger partial charge in [0.05, 0.1) is 12.1 Å². The van der Waals surface area contributed by atoms with Crippen LogP contribution >= 0.6 is 0 Å². The molecular formula is C10H12N2O. The van der Waals surface area contributed by atoms with Crippen LogP contribution in [0, 0.1) is 11.3 Å². The summed E-state index contributed by atoms with van der Waals surface area (Å²) in [6.07, 6.45) is 0. The van der Waals surface area contributed by atoms with Gasteiger partial charge in [0, 0.05) is 0 Å². The third kappa shape index (κ3) is 2.05. The van der Waals surface area contributed by atoms with Gasteiger partial charge in [0.25, 0.3) is 0 Å². The zero-order chi connectivity index (χ0) is 9.90. The second-order valence-corrected chi connectivity index (χ2v) is 3.15. The SMILES string of the molecule is CC(O)(C#N)C(N)c1ccccc1. The maximum absolute atomic E-state index is 9.56. The van der Waals surface area contributed by atoms with Crippen LogP contribution in [0.5, 0.6) is 0 Å². The van der Waals surface area contributed by atoms with Gasteiger partial charge in [-0.15, -0.1) is 0 Å². The van der Waals surface area contributed by atoms with Crippen LogP contribution in [0.25, 0.3) is 0 Å². The molecule has 0 saturated heterocycles. The molecule has 0 aliphatic carbocycles. The number of nitrogens with two attached hydrogens (primary N) is 1. The van der Waals surface area contributed by atoms with Gasteiger partial charge >= 0.3 is 0 Å². The molecule has 2 unspecified atom stereocenters. The molecule has 0 aromatic heterocycles. The van der Waals surface area contributed by atoms with E-state index in [9.17, 15) is 5.11 Å². The van der Waals surface area contributed by atoms with Crippen LogP contribution in [0.1, 0.15) is 18.5 Å². The molecule has 3 N–H and O–H groups in total. The van der Waals surface area contributed by atoms with E-state index in [4.69, 9.17) is 11.0 Å². The minimum Gasteiger partial charge on any atom is -0.374 e. The first-order valence-electron chi connectivity index (χ1n) is 4.02. The Kier molecular flexibility index (Phi) is 2.66. The molecule has 3 nitrogen and oxygen atoms in total. The van der Waals surface area contributed by atoms with Crippen molar-refractivity contribution in [2.24, 2.45) is 5.73 Å². The molecule has 13 heavy (non-hydrogen) atoms. The Hall–Kier alpha value is -1.37. The molecule has 0 saturated carbocycles. The van der Waals surface area contributed by atoms with Crippen molar-refractivity contribution in [3.8, 4) is 6.07 Å². The molecule has 2 atom stereocenters. The van der Waals surface area contributed by atoms with Crippen molar-refractivity contribution in [3.63, 3.8) is 0 Å². The summed E-state index contributed by atoms with van der Waals surface area (Å²) in [5.74, 6) is 0. The van der Waals surface area contributed by atoms with Crippen LogP contribution in [-0.4, -0.2) is 10.7 Å². The topological polar surface area (TPSA) is 70.0 Å². The number of nitriles is 1. The molecule has 1 rings (SSSR count). The smallest absolute Gasteiger partial charge is 0.167 e. The zero-order valence-corrected chi connectivity index (χ0v) is 7.44. The minimum atomic E-state index is -1.51. The monoisotopic (exact) mass is 176 g/mol. The van der Waals surface area contributed by atoms with Gasteiger partial charge < -0.3 is 10.8 Å². The Morgan fingerprint density at radius 1 is 1.46 bits per heavy atom. The Morgan fingerprint density at radius 3 is 2.46 bits per heavy atom. The van der Waals surface area contributed by atoms with Gasteiger partial charge in [-0.3, -0.25) is 0 Å². The van der Waals surface area contributed by atoms with Crippen molar-refractivity contribution in [1.29, 1.82) is 5.26 Å². The normalized spacial score (nSPS) is 17.1. The minimum absolute atomic E-state index is 0.668. The summed E-state index contributed by atoms with van der Waals surface area (Å²) in [7, 11) is 0. The van der Waals surface area contributed by atoms with Crippen molar-refractivity contribution >= 4 is 0 Å². The van der Waals surface area contributed by atoms with E-state index < -0.39 is 11.6 Å². The predicted molar refractivity (Wildman–Crippen MR) is 49.6 cm³/mol. The molecule has 0 aliphatic rings. The molecule has 68 valence electrons. The third-order valence-corrected chi connectivity index (χ3v) is 1.99. The van der Waals surface area contributed by atoms with Crippen LogP contribution in [0.3, 0.4) is 0 Å². The Labute approximate surface area is 77.4 Å². The number of nitrogens with zero attached hydrogens (tertiary/aromatic N) is 1. The summed E-state index contributed by atoms with van der Waals surface area (Å²) in [6.45, 7) is 1.41. The summed E-state index contributed by atoms with van der Waals surface area (Å²) >= 11 is 0. The first-order valence-corrected chi connectivity index (χ1v) is 4.02. The summed E-state index contributed by atoms with van der Waals surface area (Å²) in [5.41, 5.74) is 4.96. The number of rotatable bonds is 2. The molecule has 0 radical (unpaired) electrons. The molecule has 0 aliphatic heterocycles. The van der Waals surface area contributed by atoms with Crippen molar-refractivity contribution in [2.75, 3.05) is 0 Å². The molecule has 0 bridgehead atoms. The highest BCUT2D eigenvalue weighted by atomic mass is 16.3. The van der Waals surface area contributed by atoms with Crippen molar-refractivity contribution in [3.05, 3.63) is 35.9 Å². The van der Waals surface area contributed by atoms with E-state index in [-0.39, 0.29) is 0 Å². The maximum Gasteiger partial charge on any atom is 0.167 e. The Bertz CT molecular complexity index is 313. The lowest BCUT2D eigenvalue weighted by molar-refractivity contribution is 0.0899. The van der Waals surface area contributed by atoms with Crippen LogP contribution in [-0.2, 0) is 0 Å². The maximum atomic E-state index is 9.56. The van der Waals surface area contributed by atoms with E-state index in [2.05, 4.69) is 0 Å². The largest absolute Gasteiger partial charge is 0.374 e. The van der Waals surface area contributed by atoms with Gasteiger partial charge in [0.1, 0.15) is 0 Å². The number of benzene rings is 1. The molecule has 1 aromatic carbocycles. The summed E-state index contributed by atoms with van der Waals surface area (Å²) < 4.78 is 0. The highest BCUT2D eigenvalue weighted by molar-refractivity contribution is 5.24. The van der Waals surface area contributed by atoms with Gasteiger partial charge in [0.15, 0.2) is 5.60 Å². The number of hydrogen-bond acceptors (Lipinski definition) is 3. The quantitative estimate of drug-likeness (QED) is 0.659. The third-order valence-electron chi connectivity index (χ3n) is 1.99. The summed E-state index contributed by atoms with van der Waals surface area (Å²) in [4.78, 5) is 0. The zero-order valence-electron chi connectivity index (χ0n) is 7.44. The average Bonchev–Trinajstić information content (AvgIpc) is 2.18. The van der Waals surface area contributed by atoms with E-state index in [0.29, 0.717) is 0 Å². The molecular weight excluding hydrogens is 164 g/mol. The van der Waals surface area contributed by atoms with Crippen molar-refractivity contribution in [2.45, 2.75) is 18.6 Å². The molecule has 0 amide bonds. The molecule has 0 heterocycles. The van der Waals surface area contributed by atoms with Crippen LogP contribution in [0.2, 0.25) is 0 Å². The number of aliphatic hydroxyl groups is 1. The van der Waals surface area contributed by atoms with E-state index in [1.807, 2.05) is 18.2 Å². The molecule has 1 aromatic rings. The summed E-state index contributed by atoms with van der Waals surface area (Å²) in [5, 5.41) is 18.2. The lowest BCUT2D eigenvalue weighted by Crippen LogP contribution is -2.36. The van der Waals surface area contributed by atoms with E-state index in [1.54, 1.807) is 18.2 Å². The van der Waals surface area contributed by atoms with Gasteiger partial charge in [-0.25, -0.2) is 0 Å². The van der Waals surface area contributed by atoms with E-state index in [0.717, 1.165) is 5.56 Å². The highest BCUT2D eigenvalue weighted by Crippen LogP contribution is 2.21. The Morgan fingerprint density at radius 2 is 2.00 bits per heavy atom. The van der Waals surface area contributed by atoms with Gasteiger partial charge in [0.2, 0.25) is 0 Å². The van der Waals surface area contributed by atoms with E-state index >= 15 is 0 Å². The fourth-order valence-corrected chi connectivity index (χ4v) is 1.05. The van der Waals surface area contributed by atoms with E-state index in [1.165, 1.54) is 6.92 Å². The molecule has 3 heteroatoms. The lowest BCUT2D eigenvalue weighted by Gasteiger charge is -2.22. The second-order valence-electron chi connectivity index (χ2n) is 3.15. The van der Waals surface area contributed by atoms with Gasteiger partial charge in [-0.1, -0.05) is 30.3 Å². The van der Waals surface area contributed by atoms with Crippen molar-refractivity contribution in [1.82, 2.24) is 0 Å². The second kappa shape index (κ2) is 3.56. The van der Waals surface area contributed by atoms with Crippen molar-refractivity contribution < 1.29 is 5.11 Å². The van der Waals surface area contributed by atoms with Gasteiger partial charge in [-0.05, 0) is 12.5 Å². The highest BCUT2D eigenvalue weighted by Gasteiger charge is 2.29. The standard InChI is InChI=1S/C10H12N2O/c1-10(13,7-11)9(12)8-5-3-2-4-6-8/h2-6,9,13H,12H2,1H3. The number of hydrogen-bond donors (Lipinski definition) is 2. The molecule has 0 fully saturated rings. The average molecular weight is 176 g/mol. The Balaban J connectivity index is 2.94.